The van der Waals surface area contributed by atoms with E-state index in [-0.39, 0.29) is 0 Å². The standard InChI is InChI=1S/C13H12N4/c14-7-10-1-3-12(4-2-10)17-9-11-8-15-6-5-13(11)16-17/h1-4,9,15H,5-6,8H2. The molecule has 0 bridgehead atoms. The number of aromatic nitrogens is 2. The first-order valence-electron chi connectivity index (χ1n) is 5.65. The first-order chi connectivity index (χ1) is 8.36. The van der Waals surface area contributed by atoms with Crippen molar-refractivity contribution in [3.8, 4) is 11.8 Å². The average Bonchev–Trinajstić information content (AvgIpc) is 2.82. The van der Waals surface area contributed by atoms with E-state index < -0.39 is 0 Å². The summed E-state index contributed by atoms with van der Waals surface area (Å²) >= 11 is 0. The number of fused-ring (bicyclic) bond motifs is 1. The highest BCUT2D eigenvalue weighted by Gasteiger charge is 2.13. The Kier molecular flexibility index (Phi) is 2.39. The van der Waals surface area contributed by atoms with Gasteiger partial charge in [-0.3, -0.25) is 0 Å². The molecule has 0 radical (unpaired) electrons. The highest BCUT2D eigenvalue weighted by molar-refractivity contribution is 5.39. The Morgan fingerprint density at radius 1 is 1.29 bits per heavy atom. The maximum absolute atomic E-state index is 8.75. The van der Waals surface area contributed by atoms with Crippen molar-refractivity contribution in [2.75, 3.05) is 6.54 Å². The van der Waals surface area contributed by atoms with Crippen LogP contribution >= 0.6 is 0 Å². The quantitative estimate of drug-likeness (QED) is 0.796. The minimum absolute atomic E-state index is 0.673. The lowest BCUT2D eigenvalue weighted by Gasteiger charge is -2.09. The minimum atomic E-state index is 0.673. The second-order valence-corrected chi connectivity index (χ2v) is 4.13. The predicted octanol–water partition coefficient (Wildman–Crippen LogP) is 1.39. The van der Waals surface area contributed by atoms with E-state index in [9.17, 15) is 0 Å². The van der Waals surface area contributed by atoms with Gasteiger partial charge in [-0.05, 0) is 24.3 Å². The number of nitriles is 1. The van der Waals surface area contributed by atoms with E-state index in [2.05, 4.69) is 22.7 Å². The van der Waals surface area contributed by atoms with Crippen molar-refractivity contribution < 1.29 is 0 Å². The fourth-order valence-corrected chi connectivity index (χ4v) is 2.05. The Hall–Kier alpha value is -2.12. The van der Waals surface area contributed by atoms with E-state index in [4.69, 9.17) is 5.26 Å². The largest absolute Gasteiger partial charge is 0.312 e. The van der Waals surface area contributed by atoms with Crippen LogP contribution in [0, 0.1) is 11.3 Å². The second-order valence-electron chi connectivity index (χ2n) is 4.13. The Balaban J connectivity index is 1.98. The molecule has 3 rings (SSSR count). The van der Waals surface area contributed by atoms with Crippen LogP contribution in [0.25, 0.3) is 5.69 Å². The summed E-state index contributed by atoms with van der Waals surface area (Å²) in [6, 6.07) is 9.58. The first-order valence-corrected chi connectivity index (χ1v) is 5.65. The Morgan fingerprint density at radius 2 is 2.12 bits per heavy atom. The van der Waals surface area contributed by atoms with Gasteiger partial charge in [0, 0.05) is 31.3 Å². The number of benzene rings is 1. The van der Waals surface area contributed by atoms with Gasteiger partial charge in [-0.2, -0.15) is 10.4 Å². The molecule has 1 aliphatic rings. The van der Waals surface area contributed by atoms with Crippen LogP contribution in [0.5, 0.6) is 0 Å². The van der Waals surface area contributed by atoms with Gasteiger partial charge in [-0.1, -0.05) is 0 Å². The van der Waals surface area contributed by atoms with Crippen molar-refractivity contribution in [3.05, 3.63) is 47.3 Å². The summed E-state index contributed by atoms with van der Waals surface area (Å²) in [5.41, 5.74) is 4.11. The van der Waals surface area contributed by atoms with Crippen molar-refractivity contribution in [2.45, 2.75) is 13.0 Å². The molecule has 2 aromatic rings. The highest BCUT2D eigenvalue weighted by atomic mass is 15.3. The summed E-state index contributed by atoms with van der Waals surface area (Å²) in [4.78, 5) is 0. The normalized spacial score (nSPS) is 14.1. The maximum Gasteiger partial charge on any atom is 0.0991 e. The molecule has 0 spiro atoms. The predicted molar refractivity (Wildman–Crippen MR) is 63.7 cm³/mol. The lowest BCUT2D eigenvalue weighted by Crippen LogP contribution is -2.22. The summed E-state index contributed by atoms with van der Waals surface area (Å²) in [6.07, 6.45) is 3.04. The summed E-state index contributed by atoms with van der Waals surface area (Å²) in [5, 5.41) is 16.6. The molecule has 4 nitrogen and oxygen atoms in total. The molecule has 17 heavy (non-hydrogen) atoms. The smallest absolute Gasteiger partial charge is 0.0991 e. The van der Waals surface area contributed by atoms with Crippen LogP contribution < -0.4 is 5.32 Å². The van der Waals surface area contributed by atoms with Crippen LogP contribution in [0.1, 0.15) is 16.8 Å². The van der Waals surface area contributed by atoms with Gasteiger partial charge in [0.2, 0.25) is 0 Å². The van der Waals surface area contributed by atoms with Crippen molar-refractivity contribution in [2.24, 2.45) is 0 Å². The fraction of sp³-hybridized carbons (Fsp3) is 0.231. The average molecular weight is 224 g/mol. The van der Waals surface area contributed by atoms with E-state index >= 15 is 0 Å². The molecule has 1 aliphatic heterocycles. The molecule has 1 aromatic heterocycles. The van der Waals surface area contributed by atoms with Crippen LogP contribution in [0.4, 0.5) is 0 Å². The zero-order valence-electron chi connectivity index (χ0n) is 9.35. The Bertz CT molecular complexity index is 551. The molecule has 0 aliphatic carbocycles. The van der Waals surface area contributed by atoms with Gasteiger partial charge in [0.25, 0.3) is 0 Å². The molecule has 0 saturated heterocycles. The SMILES string of the molecule is N#Cc1ccc(-n2cc3c(n2)CCNC3)cc1. The van der Waals surface area contributed by atoms with E-state index in [1.54, 1.807) is 0 Å². The highest BCUT2D eigenvalue weighted by Crippen LogP contribution is 2.15. The molecule has 0 atom stereocenters. The van der Waals surface area contributed by atoms with E-state index in [0.29, 0.717) is 5.56 Å². The lowest BCUT2D eigenvalue weighted by atomic mass is 10.1. The fourth-order valence-electron chi connectivity index (χ4n) is 2.05. The third-order valence-corrected chi connectivity index (χ3v) is 2.99. The van der Waals surface area contributed by atoms with Gasteiger partial charge in [0.05, 0.1) is 23.0 Å². The monoisotopic (exact) mass is 224 g/mol. The molecule has 1 N–H and O–H groups in total. The van der Waals surface area contributed by atoms with Crippen LogP contribution in [0.15, 0.2) is 30.5 Å². The number of nitrogens with one attached hydrogen (secondary N) is 1. The van der Waals surface area contributed by atoms with Crippen molar-refractivity contribution in [3.63, 3.8) is 0 Å². The van der Waals surface area contributed by atoms with Crippen molar-refractivity contribution in [1.82, 2.24) is 15.1 Å². The second kappa shape index (κ2) is 4.04. The maximum atomic E-state index is 8.75. The Morgan fingerprint density at radius 3 is 2.82 bits per heavy atom. The summed E-state index contributed by atoms with van der Waals surface area (Å²) in [6.45, 7) is 1.89. The number of rotatable bonds is 1. The van der Waals surface area contributed by atoms with Gasteiger partial charge in [0.1, 0.15) is 0 Å². The molecule has 84 valence electrons. The molecule has 0 unspecified atom stereocenters. The van der Waals surface area contributed by atoms with Gasteiger partial charge < -0.3 is 5.32 Å². The van der Waals surface area contributed by atoms with Crippen LogP contribution in [-0.4, -0.2) is 16.3 Å². The summed E-state index contributed by atoms with van der Waals surface area (Å²) in [7, 11) is 0. The number of hydrogen-bond acceptors (Lipinski definition) is 3. The van der Waals surface area contributed by atoms with Crippen LogP contribution in [0.2, 0.25) is 0 Å². The number of hydrogen-bond donors (Lipinski definition) is 1. The molecule has 1 aromatic carbocycles. The van der Waals surface area contributed by atoms with E-state index in [1.807, 2.05) is 28.9 Å². The number of nitrogens with zero attached hydrogens (tertiary/aromatic N) is 3. The molecule has 2 heterocycles. The first kappa shape index (κ1) is 10.1. The van der Waals surface area contributed by atoms with Gasteiger partial charge in [-0.25, -0.2) is 4.68 Å². The molecule has 4 heteroatoms. The van der Waals surface area contributed by atoms with Gasteiger partial charge >= 0.3 is 0 Å². The van der Waals surface area contributed by atoms with E-state index in [1.165, 1.54) is 11.3 Å². The third kappa shape index (κ3) is 1.81. The van der Waals surface area contributed by atoms with Crippen LogP contribution in [-0.2, 0) is 13.0 Å². The van der Waals surface area contributed by atoms with Crippen molar-refractivity contribution >= 4 is 0 Å². The third-order valence-electron chi connectivity index (χ3n) is 2.99. The molecular weight excluding hydrogens is 212 g/mol. The zero-order valence-corrected chi connectivity index (χ0v) is 9.35. The summed E-state index contributed by atoms with van der Waals surface area (Å²) in [5.74, 6) is 0. The molecule has 0 amide bonds. The van der Waals surface area contributed by atoms with Crippen molar-refractivity contribution in [1.29, 1.82) is 5.26 Å². The lowest BCUT2D eigenvalue weighted by molar-refractivity contribution is 0.635. The van der Waals surface area contributed by atoms with Gasteiger partial charge in [0.15, 0.2) is 0 Å². The minimum Gasteiger partial charge on any atom is -0.312 e. The molecule has 0 fully saturated rings. The van der Waals surface area contributed by atoms with E-state index in [0.717, 1.165) is 25.2 Å². The van der Waals surface area contributed by atoms with Crippen LogP contribution in [0.3, 0.4) is 0 Å². The zero-order chi connectivity index (χ0) is 11.7. The Labute approximate surface area is 99.5 Å². The summed E-state index contributed by atoms with van der Waals surface area (Å²) < 4.78 is 1.89. The van der Waals surface area contributed by atoms with Gasteiger partial charge in [-0.15, -0.1) is 0 Å². The molecular formula is C13H12N4. The topological polar surface area (TPSA) is 53.6 Å². The molecule has 0 saturated carbocycles.